The van der Waals surface area contributed by atoms with E-state index in [4.69, 9.17) is 4.74 Å². The van der Waals surface area contributed by atoms with Crippen LogP contribution in [0.25, 0.3) is 0 Å². The summed E-state index contributed by atoms with van der Waals surface area (Å²) in [5, 5.41) is 3.16. The quantitative estimate of drug-likeness (QED) is 0.908. The number of carbonyl (C=O) groups excluding carboxylic acids is 1. The Morgan fingerprint density at radius 1 is 1.32 bits per heavy atom. The first-order valence-electron chi connectivity index (χ1n) is 7.00. The highest BCUT2D eigenvalue weighted by molar-refractivity contribution is 5.74. The van der Waals surface area contributed by atoms with Gasteiger partial charge in [0, 0.05) is 20.1 Å². The smallest absolute Gasteiger partial charge is 0.217 e. The number of benzene rings is 1. The van der Waals surface area contributed by atoms with E-state index >= 15 is 0 Å². The van der Waals surface area contributed by atoms with E-state index < -0.39 is 0 Å². The van der Waals surface area contributed by atoms with Crippen LogP contribution in [0, 0.1) is 0 Å². The van der Waals surface area contributed by atoms with Gasteiger partial charge in [0.05, 0.1) is 5.54 Å². The molecule has 0 spiro atoms. The molecule has 0 atom stereocenters. The van der Waals surface area contributed by atoms with Crippen molar-refractivity contribution in [3.8, 4) is 0 Å². The zero-order valence-corrected chi connectivity index (χ0v) is 12.0. The molecule has 1 aromatic carbocycles. The topological polar surface area (TPSA) is 38.3 Å². The molecule has 0 saturated carbocycles. The molecule has 1 aromatic rings. The lowest BCUT2D eigenvalue weighted by molar-refractivity contribution is -0.122. The Labute approximate surface area is 115 Å². The van der Waals surface area contributed by atoms with Crippen LogP contribution in [0.1, 0.15) is 50.7 Å². The van der Waals surface area contributed by atoms with Crippen molar-refractivity contribution in [3.05, 3.63) is 35.4 Å². The molecule has 0 unspecified atom stereocenters. The van der Waals surface area contributed by atoms with Crippen molar-refractivity contribution in [2.45, 2.75) is 45.1 Å². The Hall–Kier alpha value is -1.35. The normalized spacial score (nSPS) is 18.3. The van der Waals surface area contributed by atoms with Crippen molar-refractivity contribution >= 4 is 5.91 Å². The number of amides is 1. The van der Waals surface area contributed by atoms with Crippen LogP contribution in [-0.2, 0) is 15.1 Å². The predicted octanol–water partition coefficient (Wildman–Crippen LogP) is 2.95. The molecule has 1 aliphatic heterocycles. The third-order valence-electron chi connectivity index (χ3n) is 3.87. The molecule has 19 heavy (non-hydrogen) atoms. The Balaban J connectivity index is 2.37. The van der Waals surface area contributed by atoms with Gasteiger partial charge in [0.2, 0.25) is 5.91 Å². The summed E-state index contributed by atoms with van der Waals surface area (Å²) in [4.78, 5) is 11.6. The summed E-state index contributed by atoms with van der Waals surface area (Å²) in [6, 6.07) is 8.58. The Bertz CT molecular complexity index is 448. The summed E-state index contributed by atoms with van der Waals surface area (Å²) in [7, 11) is 0. The second-order valence-electron chi connectivity index (χ2n) is 5.66. The number of carbonyl (C=O) groups is 1. The van der Waals surface area contributed by atoms with Gasteiger partial charge in [0.25, 0.3) is 0 Å². The highest BCUT2D eigenvalue weighted by Gasteiger charge is 2.35. The van der Waals surface area contributed by atoms with E-state index in [0.29, 0.717) is 19.1 Å². The monoisotopic (exact) mass is 261 g/mol. The van der Waals surface area contributed by atoms with Crippen molar-refractivity contribution in [3.63, 3.8) is 0 Å². The molecule has 1 saturated heterocycles. The number of nitrogens with one attached hydrogen (secondary N) is 1. The standard InChI is InChI=1S/C16H23NO2/c1-12(2)14-5-4-6-15(11-14)16(17-13(3)18)7-9-19-10-8-16/h4-6,11-12H,7-10H2,1-3H3,(H,17,18). The van der Waals surface area contributed by atoms with Crippen LogP contribution < -0.4 is 5.32 Å². The molecule has 1 amide bonds. The van der Waals surface area contributed by atoms with Gasteiger partial charge in [-0.3, -0.25) is 4.79 Å². The number of hydrogen-bond donors (Lipinski definition) is 1. The maximum Gasteiger partial charge on any atom is 0.217 e. The fourth-order valence-corrected chi connectivity index (χ4v) is 2.74. The van der Waals surface area contributed by atoms with E-state index in [0.717, 1.165) is 12.8 Å². The first-order valence-corrected chi connectivity index (χ1v) is 7.00. The molecule has 0 aromatic heterocycles. The largest absolute Gasteiger partial charge is 0.381 e. The minimum absolute atomic E-state index is 0.0249. The molecule has 0 radical (unpaired) electrons. The minimum atomic E-state index is -0.255. The maximum atomic E-state index is 11.6. The van der Waals surface area contributed by atoms with Crippen LogP contribution in [0.5, 0.6) is 0 Å². The predicted molar refractivity (Wildman–Crippen MR) is 76.1 cm³/mol. The Morgan fingerprint density at radius 3 is 2.58 bits per heavy atom. The highest BCUT2D eigenvalue weighted by atomic mass is 16.5. The van der Waals surface area contributed by atoms with Crippen molar-refractivity contribution in [1.29, 1.82) is 0 Å². The molecule has 3 nitrogen and oxygen atoms in total. The molecule has 0 aliphatic carbocycles. The summed E-state index contributed by atoms with van der Waals surface area (Å²) in [5.41, 5.74) is 2.26. The van der Waals surface area contributed by atoms with Gasteiger partial charge in [-0.25, -0.2) is 0 Å². The van der Waals surface area contributed by atoms with Gasteiger partial charge in [-0.05, 0) is 29.9 Å². The first kappa shape index (κ1) is 14.1. The van der Waals surface area contributed by atoms with E-state index in [2.05, 4.69) is 43.4 Å². The zero-order valence-electron chi connectivity index (χ0n) is 12.0. The van der Waals surface area contributed by atoms with E-state index in [-0.39, 0.29) is 11.4 Å². The van der Waals surface area contributed by atoms with Crippen LogP contribution >= 0.6 is 0 Å². The fraction of sp³-hybridized carbons (Fsp3) is 0.562. The average Bonchev–Trinajstić information content (AvgIpc) is 2.39. The van der Waals surface area contributed by atoms with Crippen molar-refractivity contribution in [1.82, 2.24) is 5.32 Å². The van der Waals surface area contributed by atoms with Gasteiger partial charge >= 0.3 is 0 Å². The third-order valence-corrected chi connectivity index (χ3v) is 3.87. The molecular formula is C16H23NO2. The Kier molecular flexibility index (Phi) is 4.25. The van der Waals surface area contributed by atoms with Gasteiger partial charge in [-0.2, -0.15) is 0 Å². The van der Waals surface area contributed by atoms with Crippen LogP contribution in [0.3, 0.4) is 0 Å². The molecule has 1 aliphatic rings. The molecule has 0 bridgehead atoms. The molecule has 2 rings (SSSR count). The van der Waals surface area contributed by atoms with E-state index in [1.165, 1.54) is 11.1 Å². The van der Waals surface area contributed by atoms with Gasteiger partial charge in [-0.15, -0.1) is 0 Å². The minimum Gasteiger partial charge on any atom is -0.381 e. The number of rotatable bonds is 3. The van der Waals surface area contributed by atoms with Crippen LogP contribution in [0.4, 0.5) is 0 Å². The van der Waals surface area contributed by atoms with Gasteiger partial charge in [0.1, 0.15) is 0 Å². The molecule has 1 heterocycles. The fourth-order valence-electron chi connectivity index (χ4n) is 2.74. The van der Waals surface area contributed by atoms with Crippen LogP contribution in [0.2, 0.25) is 0 Å². The highest BCUT2D eigenvalue weighted by Crippen LogP contribution is 2.33. The van der Waals surface area contributed by atoms with Crippen molar-refractivity contribution in [2.24, 2.45) is 0 Å². The van der Waals surface area contributed by atoms with Gasteiger partial charge in [0.15, 0.2) is 0 Å². The zero-order chi connectivity index (χ0) is 13.9. The molecule has 1 N–H and O–H groups in total. The van der Waals surface area contributed by atoms with Crippen LogP contribution in [-0.4, -0.2) is 19.1 Å². The Morgan fingerprint density at radius 2 is 2.00 bits per heavy atom. The molecule has 3 heteroatoms. The third kappa shape index (κ3) is 3.16. The lowest BCUT2D eigenvalue weighted by Crippen LogP contribution is -2.48. The number of ether oxygens (including phenoxy) is 1. The van der Waals surface area contributed by atoms with E-state index in [9.17, 15) is 4.79 Å². The van der Waals surface area contributed by atoms with E-state index in [1.54, 1.807) is 6.92 Å². The summed E-state index contributed by atoms with van der Waals surface area (Å²) >= 11 is 0. The van der Waals surface area contributed by atoms with Gasteiger partial charge < -0.3 is 10.1 Å². The van der Waals surface area contributed by atoms with Crippen LogP contribution in [0.15, 0.2) is 24.3 Å². The second kappa shape index (κ2) is 5.74. The maximum absolute atomic E-state index is 11.6. The summed E-state index contributed by atoms with van der Waals surface area (Å²) in [6.07, 6.45) is 1.68. The molecule has 1 fully saturated rings. The van der Waals surface area contributed by atoms with E-state index in [1.807, 2.05) is 0 Å². The molecular weight excluding hydrogens is 238 g/mol. The SMILES string of the molecule is CC(=O)NC1(c2cccc(C(C)C)c2)CCOCC1. The lowest BCUT2D eigenvalue weighted by atomic mass is 9.81. The summed E-state index contributed by atoms with van der Waals surface area (Å²) in [6.45, 7) is 7.37. The van der Waals surface area contributed by atoms with Gasteiger partial charge in [-0.1, -0.05) is 38.1 Å². The summed E-state index contributed by atoms with van der Waals surface area (Å²) < 4.78 is 5.45. The summed E-state index contributed by atoms with van der Waals surface area (Å²) in [5.74, 6) is 0.519. The second-order valence-corrected chi connectivity index (χ2v) is 5.66. The lowest BCUT2D eigenvalue weighted by Gasteiger charge is -2.38. The van der Waals surface area contributed by atoms with Crippen molar-refractivity contribution in [2.75, 3.05) is 13.2 Å². The van der Waals surface area contributed by atoms with Crippen molar-refractivity contribution < 1.29 is 9.53 Å². The number of hydrogen-bond acceptors (Lipinski definition) is 2. The molecule has 104 valence electrons. The average molecular weight is 261 g/mol. The first-order chi connectivity index (χ1) is 9.03.